The van der Waals surface area contributed by atoms with Gasteiger partial charge in [-0.3, -0.25) is 19.6 Å². The molecule has 0 aliphatic heterocycles. The average Bonchev–Trinajstić information content (AvgIpc) is 2.67. The van der Waals surface area contributed by atoms with E-state index in [4.69, 9.17) is 4.74 Å². The topological polar surface area (TPSA) is 128 Å². The van der Waals surface area contributed by atoms with Crippen molar-refractivity contribution in [2.45, 2.75) is 23.6 Å². The van der Waals surface area contributed by atoms with E-state index in [2.05, 4.69) is 10.0 Å². The smallest absolute Gasteiger partial charge is 0.271 e. The molecule has 0 aliphatic carbocycles. The normalized spacial score (nSPS) is 11.2. The number of thioether (sulfide) groups is 1. The minimum atomic E-state index is -4.11. The van der Waals surface area contributed by atoms with Crippen LogP contribution in [0.2, 0.25) is 0 Å². The lowest BCUT2D eigenvalue weighted by Gasteiger charge is -2.15. The number of carbonyl (C=O) groups excluding carboxylic acids is 1. The summed E-state index contributed by atoms with van der Waals surface area (Å²) in [4.78, 5) is 23.0. The van der Waals surface area contributed by atoms with Crippen LogP contribution in [0.5, 0.6) is 5.75 Å². The molecule has 2 rings (SSSR count). The first-order valence-electron chi connectivity index (χ1n) is 8.43. The van der Waals surface area contributed by atoms with E-state index < -0.39 is 14.9 Å². The summed E-state index contributed by atoms with van der Waals surface area (Å²) in [6.07, 6.45) is 1.81. The molecule has 0 saturated carbocycles. The fourth-order valence-electron chi connectivity index (χ4n) is 2.32. The highest BCUT2D eigenvalue weighted by Crippen LogP contribution is 2.33. The number of nitro groups is 1. The Morgan fingerprint density at radius 1 is 1.17 bits per heavy atom. The maximum Gasteiger partial charge on any atom is 0.271 e. The number of hydrogen-bond acceptors (Lipinski definition) is 7. The molecule has 2 N–H and O–H groups in total. The Bertz CT molecular complexity index is 1040. The van der Waals surface area contributed by atoms with Gasteiger partial charge in [0.2, 0.25) is 5.91 Å². The molecule has 0 spiro atoms. The van der Waals surface area contributed by atoms with E-state index in [9.17, 15) is 23.3 Å². The van der Waals surface area contributed by atoms with E-state index in [1.165, 1.54) is 43.1 Å². The molecule has 2 aromatic carbocycles. The third-order valence-electron chi connectivity index (χ3n) is 3.90. The summed E-state index contributed by atoms with van der Waals surface area (Å²) in [7, 11) is -2.78. The van der Waals surface area contributed by atoms with Crippen LogP contribution in [0, 0.1) is 16.0 Å². The number of anilines is 2. The Morgan fingerprint density at radius 3 is 2.41 bits per heavy atom. The van der Waals surface area contributed by atoms with Crippen LogP contribution in [0.15, 0.2) is 46.2 Å². The zero-order valence-electron chi connectivity index (χ0n) is 16.3. The van der Waals surface area contributed by atoms with Crippen LogP contribution in [-0.4, -0.2) is 32.6 Å². The van der Waals surface area contributed by atoms with Crippen LogP contribution in [-0.2, 0) is 14.8 Å². The maximum atomic E-state index is 12.9. The second-order valence-electron chi connectivity index (χ2n) is 6.25. The molecule has 2 aromatic rings. The van der Waals surface area contributed by atoms with E-state index in [1.54, 1.807) is 26.2 Å². The zero-order valence-corrected chi connectivity index (χ0v) is 17.9. The van der Waals surface area contributed by atoms with Crippen LogP contribution in [0.3, 0.4) is 0 Å². The number of carbonyl (C=O) groups is 1. The fraction of sp³-hybridized carbons (Fsp3) is 0.278. The van der Waals surface area contributed by atoms with Crippen molar-refractivity contribution in [1.29, 1.82) is 0 Å². The summed E-state index contributed by atoms with van der Waals surface area (Å²) in [6.45, 7) is 3.45. The van der Waals surface area contributed by atoms with Gasteiger partial charge in [-0.2, -0.15) is 0 Å². The molecule has 1 amide bonds. The van der Waals surface area contributed by atoms with Gasteiger partial charge in [-0.1, -0.05) is 13.8 Å². The summed E-state index contributed by atoms with van der Waals surface area (Å²) in [5.74, 6) is -0.395. The Hall–Kier alpha value is -2.79. The Kier molecular flexibility index (Phi) is 7.09. The first-order valence-corrected chi connectivity index (χ1v) is 11.1. The van der Waals surface area contributed by atoms with Crippen LogP contribution >= 0.6 is 11.8 Å². The molecule has 0 atom stereocenters. The third kappa shape index (κ3) is 5.39. The molecular weight excluding hydrogens is 418 g/mol. The Morgan fingerprint density at radius 2 is 1.86 bits per heavy atom. The number of nitrogens with zero attached hydrogens (tertiary/aromatic N) is 1. The second-order valence-corrected chi connectivity index (χ2v) is 8.78. The summed E-state index contributed by atoms with van der Waals surface area (Å²) >= 11 is 1.36. The molecule has 0 aromatic heterocycles. The number of ether oxygens (including phenoxy) is 1. The van der Waals surface area contributed by atoms with Crippen LogP contribution in [0.4, 0.5) is 17.1 Å². The van der Waals surface area contributed by atoms with Crippen LogP contribution < -0.4 is 14.8 Å². The molecule has 0 heterocycles. The van der Waals surface area contributed by atoms with Gasteiger partial charge >= 0.3 is 0 Å². The zero-order chi connectivity index (χ0) is 21.8. The van der Waals surface area contributed by atoms with Crippen LogP contribution in [0.25, 0.3) is 0 Å². The van der Waals surface area contributed by atoms with E-state index in [0.717, 1.165) is 6.07 Å². The molecule has 11 heteroatoms. The number of non-ortho nitro benzene ring substituents is 1. The summed E-state index contributed by atoms with van der Waals surface area (Å²) in [5.41, 5.74) is 0.0135. The summed E-state index contributed by atoms with van der Waals surface area (Å²) in [5, 5.41) is 13.7. The minimum absolute atomic E-state index is 0.0663. The highest BCUT2D eigenvalue weighted by atomic mass is 32.2. The fourth-order valence-corrected chi connectivity index (χ4v) is 3.94. The number of benzene rings is 2. The van der Waals surface area contributed by atoms with Gasteiger partial charge in [0.15, 0.2) is 0 Å². The molecule has 0 aliphatic rings. The lowest BCUT2D eigenvalue weighted by Crippen LogP contribution is -2.19. The van der Waals surface area contributed by atoms with E-state index in [1.807, 2.05) is 0 Å². The van der Waals surface area contributed by atoms with Gasteiger partial charge in [0.05, 0.1) is 28.3 Å². The van der Waals surface area contributed by atoms with Gasteiger partial charge in [-0.05, 0) is 30.5 Å². The number of nitro benzene ring substituents is 1. The number of rotatable bonds is 8. The van der Waals surface area contributed by atoms with Gasteiger partial charge in [-0.25, -0.2) is 8.42 Å². The molecule has 0 fully saturated rings. The van der Waals surface area contributed by atoms with Crippen molar-refractivity contribution >= 4 is 44.8 Å². The lowest BCUT2D eigenvalue weighted by molar-refractivity contribution is -0.384. The highest BCUT2D eigenvalue weighted by Gasteiger charge is 2.21. The molecule has 29 heavy (non-hydrogen) atoms. The lowest BCUT2D eigenvalue weighted by atomic mass is 10.2. The molecule has 0 saturated heterocycles. The first kappa shape index (κ1) is 22.5. The molecular formula is C18H21N3O6S2. The first-order chi connectivity index (χ1) is 13.6. The van der Waals surface area contributed by atoms with E-state index in [0.29, 0.717) is 10.6 Å². The Balaban J connectivity index is 2.45. The van der Waals surface area contributed by atoms with Gasteiger partial charge in [0.25, 0.3) is 15.7 Å². The predicted octanol–water partition coefficient (Wildman–Crippen LogP) is 3.72. The predicted molar refractivity (Wildman–Crippen MR) is 112 cm³/mol. The largest absolute Gasteiger partial charge is 0.495 e. The molecule has 0 radical (unpaired) electrons. The highest BCUT2D eigenvalue weighted by molar-refractivity contribution is 7.98. The Labute approximate surface area is 173 Å². The minimum Gasteiger partial charge on any atom is -0.495 e. The van der Waals surface area contributed by atoms with Crippen molar-refractivity contribution in [2.75, 3.05) is 23.4 Å². The van der Waals surface area contributed by atoms with Crippen molar-refractivity contribution in [3.8, 4) is 5.75 Å². The molecule has 9 nitrogen and oxygen atoms in total. The number of methoxy groups -OCH3 is 1. The van der Waals surface area contributed by atoms with Crippen molar-refractivity contribution in [3.05, 3.63) is 46.5 Å². The molecule has 0 unspecified atom stereocenters. The molecule has 0 bridgehead atoms. The van der Waals surface area contributed by atoms with Crippen molar-refractivity contribution in [1.82, 2.24) is 0 Å². The van der Waals surface area contributed by atoms with Gasteiger partial charge in [-0.15, -0.1) is 11.8 Å². The molecule has 156 valence electrons. The second kappa shape index (κ2) is 9.14. The number of hydrogen-bond donors (Lipinski definition) is 2. The average molecular weight is 440 g/mol. The quantitative estimate of drug-likeness (QED) is 0.364. The number of sulfonamides is 1. The van der Waals surface area contributed by atoms with E-state index >= 15 is 0 Å². The number of nitrogens with one attached hydrogen (secondary N) is 2. The standard InChI is InChI=1S/C18H21N3O6S2/c1-11(2)18(22)19-15-10-13(6-8-17(15)28-4)29(25,26)20-14-9-12(21(23)24)5-7-16(14)27-3/h5-11,20H,1-4H3,(H,19,22). The van der Waals surface area contributed by atoms with Crippen molar-refractivity contribution < 1.29 is 22.9 Å². The monoisotopic (exact) mass is 439 g/mol. The maximum absolute atomic E-state index is 12.9. The SMILES string of the molecule is COc1ccc([N+](=O)[O-])cc1NS(=O)(=O)c1ccc(SC)c(NC(=O)C(C)C)c1. The summed E-state index contributed by atoms with van der Waals surface area (Å²) < 4.78 is 33.1. The summed E-state index contributed by atoms with van der Waals surface area (Å²) in [6, 6.07) is 7.92. The van der Waals surface area contributed by atoms with Crippen LogP contribution in [0.1, 0.15) is 13.8 Å². The van der Waals surface area contributed by atoms with Gasteiger partial charge in [0.1, 0.15) is 5.75 Å². The van der Waals surface area contributed by atoms with Crippen molar-refractivity contribution in [3.63, 3.8) is 0 Å². The third-order valence-corrected chi connectivity index (χ3v) is 6.06. The number of amides is 1. The van der Waals surface area contributed by atoms with E-state index in [-0.39, 0.29) is 33.8 Å². The van der Waals surface area contributed by atoms with Gasteiger partial charge < -0.3 is 10.1 Å². The van der Waals surface area contributed by atoms with Gasteiger partial charge in [0, 0.05) is 22.9 Å². The van der Waals surface area contributed by atoms with Crippen molar-refractivity contribution in [2.24, 2.45) is 5.92 Å².